The van der Waals surface area contributed by atoms with Crippen molar-refractivity contribution in [1.82, 2.24) is 5.32 Å². The first-order valence-electron chi connectivity index (χ1n) is 7.05. The lowest BCUT2D eigenvalue weighted by Crippen LogP contribution is -2.28. The quantitative estimate of drug-likeness (QED) is 0.679. The molecule has 0 spiro atoms. The second-order valence-electron chi connectivity index (χ2n) is 4.88. The van der Waals surface area contributed by atoms with E-state index in [0.29, 0.717) is 12.5 Å². The maximum Gasteiger partial charge on any atom is 0.331 e. The molecule has 1 heterocycles. The van der Waals surface area contributed by atoms with E-state index in [0.717, 1.165) is 37.1 Å². The van der Waals surface area contributed by atoms with Gasteiger partial charge in [-0.1, -0.05) is 12.1 Å². The van der Waals surface area contributed by atoms with Crippen molar-refractivity contribution in [3.8, 4) is 0 Å². The van der Waals surface area contributed by atoms with E-state index in [-0.39, 0.29) is 11.8 Å². The lowest BCUT2D eigenvalue weighted by Gasteiger charge is -2.25. The van der Waals surface area contributed by atoms with Gasteiger partial charge in [0.2, 0.25) is 0 Å². The molecule has 1 N–H and O–H groups in total. The third kappa shape index (κ3) is 3.90. The molecular formula is C16H20FNO2. The molecule has 4 heteroatoms. The van der Waals surface area contributed by atoms with Crippen LogP contribution in [0.2, 0.25) is 0 Å². The minimum Gasteiger partial charge on any atom is -0.463 e. The first kappa shape index (κ1) is 14.7. The second kappa shape index (κ2) is 7.20. The Balaban J connectivity index is 2.27. The number of carbonyl (C=O) groups excluding carboxylic acids is 1. The number of hydrogen-bond donors (Lipinski definition) is 1. The van der Waals surface area contributed by atoms with E-state index >= 15 is 0 Å². The number of esters is 1. The zero-order valence-corrected chi connectivity index (χ0v) is 11.7. The van der Waals surface area contributed by atoms with Gasteiger partial charge in [0, 0.05) is 6.08 Å². The van der Waals surface area contributed by atoms with Crippen molar-refractivity contribution in [3.63, 3.8) is 0 Å². The molecule has 3 nitrogen and oxygen atoms in total. The van der Waals surface area contributed by atoms with Gasteiger partial charge in [0.05, 0.1) is 6.61 Å². The number of hydrogen-bond acceptors (Lipinski definition) is 3. The van der Waals surface area contributed by atoms with Crippen LogP contribution in [0.15, 0.2) is 30.3 Å². The number of rotatable bonds is 4. The zero-order valence-electron chi connectivity index (χ0n) is 11.7. The van der Waals surface area contributed by atoms with E-state index in [1.807, 2.05) is 0 Å². The Labute approximate surface area is 118 Å². The molecule has 1 fully saturated rings. The van der Waals surface area contributed by atoms with Crippen molar-refractivity contribution in [2.75, 3.05) is 19.7 Å². The summed E-state index contributed by atoms with van der Waals surface area (Å²) in [5.74, 6) is -0.286. The third-order valence-electron chi connectivity index (χ3n) is 3.52. The molecule has 0 unspecified atom stereocenters. The number of nitrogens with one attached hydrogen (secondary N) is 1. The Morgan fingerprint density at radius 3 is 2.60 bits per heavy atom. The van der Waals surface area contributed by atoms with Crippen molar-refractivity contribution in [2.24, 2.45) is 5.92 Å². The van der Waals surface area contributed by atoms with Gasteiger partial charge in [-0.3, -0.25) is 0 Å². The Hall–Kier alpha value is -1.68. The Bertz CT molecular complexity index is 476. The molecule has 0 amide bonds. The number of carbonyl (C=O) groups is 1. The van der Waals surface area contributed by atoms with E-state index < -0.39 is 0 Å². The highest BCUT2D eigenvalue weighted by atomic mass is 19.1. The summed E-state index contributed by atoms with van der Waals surface area (Å²) in [6.07, 6.45) is 3.51. The predicted molar refractivity (Wildman–Crippen MR) is 76.6 cm³/mol. The standard InChI is InChI=1S/C16H20FNO2/c1-2-20-16(19)11-15(13-7-9-18-10-8-13)12-3-5-14(17)6-4-12/h3-6,11,13,18H,2,7-10H2,1H3. The van der Waals surface area contributed by atoms with Crippen LogP contribution in [0.3, 0.4) is 0 Å². The summed E-state index contributed by atoms with van der Waals surface area (Å²) < 4.78 is 18.1. The normalized spacial score (nSPS) is 17.0. The molecule has 0 bridgehead atoms. The number of allylic oxidation sites excluding steroid dienone is 1. The van der Waals surface area contributed by atoms with Crippen LogP contribution in [-0.2, 0) is 9.53 Å². The number of piperidine rings is 1. The third-order valence-corrected chi connectivity index (χ3v) is 3.52. The van der Waals surface area contributed by atoms with Crippen LogP contribution in [0.1, 0.15) is 25.3 Å². The summed E-state index contributed by atoms with van der Waals surface area (Å²) in [6.45, 7) is 4.02. The van der Waals surface area contributed by atoms with Crippen LogP contribution >= 0.6 is 0 Å². The Morgan fingerprint density at radius 2 is 2.00 bits per heavy atom. The smallest absolute Gasteiger partial charge is 0.331 e. The molecule has 1 aromatic rings. The average molecular weight is 277 g/mol. The predicted octanol–water partition coefficient (Wildman–Crippen LogP) is 2.77. The molecular weight excluding hydrogens is 257 g/mol. The molecule has 2 rings (SSSR count). The summed E-state index contributed by atoms with van der Waals surface area (Å²) in [4.78, 5) is 11.7. The SMILES string of the molecule is CCOC(=O)C=C(c1ccc(F)cc1)C1CCNCC1. The fraction of sp³-hybridized carbons (Fsp3) is 0.438. The van der Waals surface area contributed by atoms with Crippen LogP contribution in [0.5, 0.6) is 0 Å². The van der Waals surface area contributed by atoms with E-state index in [1.54, 1.807) is 25.1 Å². The van der Waals surface area contributed by atoms with Gasteiger partial charge in [0.1, 0.15) is 5.82 Å². The van der Waals surface area contributed by atoms with E-state index in [1.165, 1.54) is 12.1 Å². The van der Waals surface area contributed by atoms with Gasteiger partial charge in [0.15, 0.2) is 0 Å². The minimum atomic E-state index is -0.328. The number of ether oxygens (including phenoxy) is 1. The topological polar surface area (TPSA) is 38.3 Å². The summed E-state index contributed by atoms with van der Waals surface area (Å²) in [5, 5.41) is 3.31. The maximum atomic E-state index is 13.1. The molecule has 1 saturated heterocycles. The van der Waals surface area contributed by atoms with Crippen LogP contribution in [0.4, 0.5) is 4.39 Å². The van der Waals surface area contributed by atoms with Gasteiger partial charge in [-0.25, -0.2) is 9.18 Å². The van der Waals surface area contributed by atoms with Gasteiger partial charge >= 0.3 is 5.97 Å². The first-order valence-corrected chi connectivity index (χ1v) is 7.05. The highest BCUT2D eigenvalue weighted by Crippen LogP contribution is 2.30. The highest BCUT2D eigenvalue weighted by molar-refractivity contribution is 5.92. The van der Waals surface area contributed by atoms with Crippen LogP contribution in [-0.4, -0.2) is 25.7 Å². The maximum absolute atomic E-state index is 13.1. The van der Waals surface area contributed by atoms with Crippen molar-refractivity contribution in [1.29, 1.82) is 0 Å². The molecule has 0 aromatic heterocycles. The van der Waals surface area contributed by atoms with E-state index in [9.17, 15) is 9.18 Å². The summed E-state index contributed by atoms with van der Waals surface area (Å²) in [5.41, 5.74) is 1.84. The molecule has 1 aliphatic heterocycles. The Kier molecular flexibility index (Phi) is 5.30. The fourth-order valence-corrected chi connectivity index (χ4v) is 2.52. The summed E-state index contributed by atoms with van der Waals surface area (Å²) in [6, 6.07) is 6.30. The number of benzene rings is 1. The molecule has 0 atom stereocenters. The fourth-order valence-electron chi connectivity index (χ4n) is 2.52. The molecule has 20 heavy (non-hydrogen) atoms. The van der Waals surface area contributed by atoms with Crippen molar-refractivity contribution in [3.05, 3.63) is 41.7 Å². The molecule has 1 aromatic carbocycles. The lowest BCUT2D eigenvalue weighted by molar-refractivity contribution is -0.137. The van der Waals surface area contributed by atoms with Crippen LogP contribution < -0.4 is 5.32 Å². The van der Waals surface area contributed by atoms with Crippen molar-refractivity contribution >= 4 is 11.5 Å². The molecule has 108 valence electrons. The Morgan fingerprint density at radius 1 is 1.35 bits per heavy atom. The first-order chi connectivity index (χ1) is 9.70. The second-order valence-corrected chi connectivity index (χ2v) is 4.88. The molecule has 0 saturated carbocycles. The summed E-state index contributed by atoms with van der Waals surface area (Å²) >= 11 is 0. The van der Waals surface area contributed by atoms with Crippen LogP contribution in [0, 0.1) is 11.7 Å². The van der Waals surface area contributed by atoms with Gasteiger partial charge in [-0.2, -0.15) is 0 Å². The zero-order chi connectivity index (χ0) is 14.4. The van der Waals surface area contributed by atoms with Gasteiger partial charge in [0.25, 0.3) is 0 Å². The van der Waals surface area contributed by atoms with Crippen molar-refractivity contribution in [2.45, 2.75) is 19.8 Å². The molecule has 1 aliphatic rings. The lowest BCUT2D eigenvalue weighted by atomic mass is 9.85. The minimum absolute atomic E-state index is 0.269. The molecule has 0 radical (unpaired) electrons. The van der Waals surface area contributed by atoms with Gasteiger partial charge < -0.3 is 10.1 Å². The summed E-state index contributed by atoms with van der Waals surface area (Å²) in [7, 11) is 0. The van der Waals surface area contributed by atoms with E-state index in [2.05, 4.69) is 5.32 Å². The monoisotopic (exact) mass is 277 g/mol. The van der Waals surface area contributed by atoms with Crippen molar-refractivity contribution < 1.29 is 13.9 Å². The van der Waals surface area contributed by atoms with E-state index in [4.69, 9.17) is 4.74 Å². The van der Waals surface area contributed by atoms with Gasteiger partial charge in [-0.05, 0) is 62.0 Å². The average Bonchev–Trinajstić information content (AvgIpc) is 2.47. The van der Waals surface area contributed by atoms with Gasteiger partial charge in [-0.15, -0.1) is 0 Å². The van der Waals surface area contributed by atoms with Crippen LogP contribution in [0.25, 0.3) is 5.57 Å². The molecule has 0 aliphatic carbocycles. The number of halogens is 1. The highest BCUT2D eigenvalue weighted by Gasteiger charge is 2.20. The largest absolute Gasteiger partial charge is 0.463 e.